The van der Waals surface area contributed by atoms with Crippen molar-refractivity contribution in [2.75, 3.05) is 33.2 Å². The molecule has 6 nitrogen and oxygen atoms in total. The highest BCUT2D eigenvalue weighted by atomic mass is 32.1. The maximum Gasteiger partial charge on any atom is 0.261 e. The van der Waals surface area contributed by atoms with Gasteiger partial charge < -0.3 is 10.2 Å². The van der Waals surface area contributed by atoms with E-state index in [0.29, 0.717) is 18.1 Å². The van der Waals surface area contributed by atoms with Gasteiger partial charge in [-0.05, 0) is 78.1 Å². The second-order valence-electron chi connectivity index (χ2n) is 10.3. The van der Waals surface area contributed by atoms with E-state index in [1.807, 2.05) is 0 Å². The number of hydrogen-bond acceptors (Lipinski definition) is 5. The third-order valence-corrected chi connectivity index (χ3v) is 9.14. The number of aromatic nitrogens is 2. The molecule has 2 aromatic rings. The van der Waals surface area contributed by atoms with Gasteiger partial charge in [0.25, 0.3) is 5.91 Å². The van der Waals surface area contributed by atoms with Crippen molar-refractivity contribution in [1.29, 1.82) is 0 Å². The second kappa shape index (κ2) is 9.82. The molecular formula is C25H39N5OS. The molecule has 176 valence electrons. The Kier molecular flexibility index (Phi) is 6.86. The predicted octanol–water partition coefficient (Wildman–Crippen LogP) is 4.59. The van der Waals surface area contributed by atoms with Crippen LogP contribution in [0, 0.1) is 6.92 Å². The molecule has 0 unspecified atom stereocenters. The normalized spacial score (nSPS) is 26.9. The summed E-state index contributed by atoms with van der Waals surface area (Å²) < 4.78 is 2.23. The van der Waals surface area contributed by atoms with Gasteiger partial charge in [-0.2, -0.15) is 5.10 Å². The van der Waals surface area contributed by atoms with E-state index in [1.54, 1.807) is 11.3 Å². The minimum absolute atomic E-state index is 0.112. The van der Waals surface area contributed by atoms with E-state index in [2.05, 4.69) is 39.8 Å². The van der Waals surface area contributed by atoms with Crippen LogP contribution in [-0.2, 0) is 0 Å². The Morgan fingerprint density at radius 1 is 0.969 bits per heavy atom. The number of hydrogen-bond donors (Lipinski definition) is 1. The van der Waals surface area contributed by atoms with Crippen LogP contribution in [0.1, 0.15) is 85.6 Å². The fourth-order valence-electron chi connectivity index (χ4n) is 6.03. The maximum atomic E-state index is 13.1. The van der Waals surface area contributed by atoms with Crippen LogP contribution in [-0.4, -0.2) is 70.8 Å². The van der Waals surface area contributed by atoms with Gasteiger partial charge in [0.15, 0.2) is 0 Å². The number of carbonyl (C=O) groups is 1. The first kappa shape index (κ1) is 22.4. The van der Waals surface area contributed by atoms with Gasteiger partial charge in [-0.1, -0.05) is 19.3 Å². The summed E-state index contributed by atoms with van der Waals surface area (Å²) in [4.78, 5) is 20.3. The van der Waals surface area contributed by atoms with Crippen molar-refractivity contribution in [2.24, 2.45) is 0 Å². The zero-order chi connectivity index (χ0) is 22.1. The number of fused-ring (bicyclic) bond motifs is 1. The number of thiophene rings is 1. The number of nitrogens with zero attached hydrogens (tertiary/aromatic N) is 4. The smallest absolute Gasteiger partial charge is 0.261 e. The van der Waals surface area contributed by atoms with Crippen LogP contribution in [0.25, 0.3) is 10.2 Å². The highest BCUT2D eigenvalue weighted by Crippen LogP contribution is 2.35. The molecule has 0 radical (unpaired) electrons. The van der Waals surface area contributed by atoms with Crippen molar-refractivity contribution >= 4 is 27.5 Å². The monoisotopic (exact) mass is 457 g/mol. The summed E-state index contributed by atoms with van der Waals surface area (Å²) in [5.74, 6) is 0.112. The van der Waals surface area contributed by atoms with Gasteiger partial charge in [0, 0.05) is 30.6 Å². The fourth-order valence-corrected chi connectivity index (χ4v) is 7.17. The zero-order valence-electron chi connectivity index (χ0n) is 19.8. The summed E-state index contributed by atoms with van der Waals surface area (Å²) in [6, 6.07) is 3.59. The Morgan fingerprint density at radius 3 is 2.53 bits per heavy atom. The highest BCUT2D eigenvalue weighted by molar-refractivity contribution is 7.20. The van der Waals surface area contributed by atoms with E-state index in [1.165, 1.54) is 87.8 Å². The van der Waals surface area contributed by atoms with Crippen LogP contribution in [0.4, 0.5) is 0 Å². The van der Waals surface area contributed by atoms with E-state index >= 15 is 0 Å². The largest absolute Gasteiger partial charge is 0.349 e. The number of amides is 1. The first-order valence-corrected chi connectivity index (χ1v) is 13.6. The lowest BCUT2D eigenvalue weighted by molar-refractivity contribution is 0.0908. The predicted molar refractivity (Wildman–Crippen MR) is 132 cm³/mol. The number of aryl methyl sites for hydroxylation is 1. The summed E-state index contributed by atoms with van der Waals surface area (Å²) in [5.41, 5.74) is 1.06. The molecule has 7 heteroatoms. The van der Waals surface area contributed by atoms with Gasteiger partial charge in [-0.15, -0.1) is 11.3 Å². The first-order chi connectivity index (χ1) is 15.6. The Labute approximate surface area is 196 Å². The quantitative estimate of drug-likeness (QED) is 0.730. The molecular weight excluding hydrogens is 418 g/mol. The van der Waals surface area contributed by atoms with Gasteiger partial charge in [0.1, 0.15) is 4.83 Å². The minimum Gasteiger partial charge on any atom is -0.349 e. The van der Waals surface area contributed by atoms with E-state index in [4.69, 9.17) is 5.10 Å². The number of likely N-dealkylation sites (N-methyl/N-ethyl adjacent to an activating group) is 1. The van der Waals surface area contributed by atoms with Crippen molar-refractivity contribution in [3.05, 3.63) is 16.6 Å². The van der Waals surface area contributed by atoms with Gasteiger partial charge in [0.2, 0.25) is 0 Å². The van der Waals surface area contributed by atoms with Crippen LogP contribution in [0.3, 0.4) is 0 Å². The summed E-state index contributed by atoms with van der Waals surface area (Å²) in [5, 5.41) is 9.37. The average Bonchev–Trinajstić information content (AvgIpc) is 3.30. The molecule has 2 aliphatic carbocycles. The highest BCUT2D eigenvalue weighted by Gasteiger charge is 2.28. The summed E-state index contributed by atoms with van der Waals surface area (Å²) in [7, 11) is 2.23. The molecule has 32 heavy (non-hydrogen) atoms. The second-order valence-corrected chi connectivity index (χ2v) is 11.4. The average molecular weight is 458 g/mol. The summed E-state index contributed by atoms with van der Waals surface area (Å²) in [6.07, 6.45) is 12.2. The summed E-state index contributed by atoms with van der Waals surface area (Å²) >= 11 is 1.64. The van der Waals surface area contributed by atoms with Crippen LogP contribution < -0.4 is 5.32 Å². The molecule has 1 saturated heterocycles. The van der Waals surface area contributed by atoms with E-state index in [-0.39, 0.29) is 5.91 Å². The van der Waals surface area contributed by atoms with Crippen molar-refractivity contribution in [1.82, 2.24) is 24.9 Å². The van der Waals surface area contributed by atoms with Crippen LogP contribution >= 0.6 is 11.3 Å². The maximum absolute atomic E-state index is 13.1. The third-order valence-electron chi connectivity index (χ3n) is 8.01. The molecule has 0 spiro atoms. The molecule has 0 atom stereocenters. The molecule has 3 heterocycles. The van der Waals surface area contributed by atoms with E-state index < -0.39 is 0 Å². The zero-order valence-corrected chi connectivity index (χ0v) is 20.6. The number of carbonyl (C=O) groups excluding carboxylic acids is 1. The van der Waals surface area contributed by atoms with Crippen LogP contribution in [0.5, 0.6) is 0 Å². The summed E-state index contributed by atoms with van der Waals surface area (Å²) in [6.45, 7) is 6.90. The SMILES string of the molecule is Cc1nn(C2CCCCC2)c2sc(C(=O)NC3CCC(N4CCCN(C)CC4)CC3)cc12. The molecule has 0 aromatic carbocycles. The Morgan fingerprint density at radius 2 is 1.75 bits per heavy atom. The molecule has 2 aromatic heterocycles. The third kappa shape index (κ3) is 4.75. The lowest BCUT2D eigenvalue weighted by atomic mass is 9.90. The molecule has 5 rings (SSSR count). The number of nitrogens with one attached hydrogen (secondary N) is 1. The van der Waals surface area contributed by atoms with Gasteiger partial charge >= 0.3 is 0 Å². The van der Waals surface area contributed by atoms with Crippen molar-refractivity contribution in [3.8, 4) is 0 Å². The van der Waals surface area contributed by atoms with Crippen LogP contribution in [0.2, 0.25) is 0 Å². The first-order valence-electron chi connectivity index (χ1n) is 12.8. The van der Waals surface area contributed by atoms with Crippen molar-refractivity contribution < 1.29 is 4.79 Å². The van der Waals surface area contributed by atoms with E-state index in [9.17, 15) is 4.79 Å². The number of rotatable bonds is 4. The molecule has 0 bridgehead atoms. The lowest BCUT2D eigenvalue weighted by Crippen LogP contribution is -2.44. The molecule has 1 amide bonds. The molecule has 3 fully saturated rings. The Bertz CT molecular complexity index is 922. The lowest BCUT2D eigenvalue weighted by Gasteiger charge is -2.36. The standard InChI is InChI=1S/C25H39N5OS/c1-18-22-17-23(32-25(22)30(27-18)21-7-4-3-5-8-21)24(31)26-19-9-11-20(12-10-19)29-14-6-13-28(2)15-16-29/h17,19-21H,3-16H2,1-2H3,(H,26,31). The van der Waals surface area contributed by atoms with Gasteiger partial charge in [0.05, 0.1) is 16.6 Å². The van der Waals surface area contributed by atoms with Crippen LogP contribution in [0.15, 0.2) is 6.07 Å². The van der Waals surface area contributed by atoms with E-state index in [0.717, 1.165) is 23.4 Å². The molecule has 1 N–H and O–H groups in total. The fraction of sp³-hybridized carbons (Fsp3) is 0.760. The van der Waals surface area contributed by atoms with Gasteiger partial charge in [-0.25, -0.2) is 0 Å². The Hall–Kier alpha value is -1.44. The van der Waals surface area contributed by atoms with Gasteiger partial charge in [-0.3, -0.25) is 14.4 Å². The topological polar surface area (TPSA) is 53.4 Å². The molecule has 3 aliphatic rings. The van der Waals surface area contributed by atoms with Crippen molar-refractivity contribution in [3.63, 3.8) is 0 Å². The minimum atomic E-state index is 0.112. The van der Waals surface area contributed by atoms with Crippen molar-refractivity contribution in [2.45, 2.75) is 89.3 Å². The Balaban J connectivity index is 1.19. The molecule has 1 aliphatic heterocycles. The molecule has 2 saturated carbocycles.